The van der Waals surface area contributed by atoms with Crippen LogP contribution in [0.2, 0.25) is 0 Å². The Morgan fingerprint density at radius 3 is 2.26 bits per heavy atom. The van der Waals surface area contributed by atoms with Gasteiger partial charge in [-0.15, -0.1) is 0 Å². The fourth-order valence-electron chi connectivity index (χ4n) is 3.92. The average Bonchev–Trinajstić information content (AvgIpc) is 2.78. The van der Waals surface area contributed by atoms with Crippen molar-refractivity contribution in [3.8, 4) is 5.75 Å². The maximum absolute atomic E-state index is 14.7. The summed E-state index contributed by atoms with van der Waals surface area (Å²) >= 11 is 0. The molecule has 1 aliphatic rings. The van der Waals surface area contributed by atoms with Crippen molar-refractivity contribution in [3.63, 3.8) is 0 Å². The van der Waals surface area contributed by atoms with Crippen LogP contribution in [-0.4, -0.2) is 25.5 Å². The number of aryl methyl sites for hydroxylation is 1. The van der Waals surface area contributed by atoms with E-state index in [4.69, 9.17) is 4.74 Å². The summed E-state index contributed by atoms with van der Waals surface area (Å²) < 4.78 is 19.9. The van der Waals surface area contributed by atoms with Gasteiger partial charge in [0.15, 0.2) is 0 Å². The Hall–Kier alpha value is -3.67. The van der Waals surface area contributed by atoms with Crippen LogP contribution < -0.4 is 14.5 Å². The number of benzene rings is 3. The summed E-state index contributed by atoms with van der Waals surface area (Å²) in [6, 6.07) is 17.6. The van der Waals surface area contributed by atoms with Gasteiger partial charge in [0.05, 0.1) is 12.8 Å². The van der Waals surface area contributed by atoms with Gasteiger partial charge in [0.2, 0.25) is 5.91 Å². The highest BCUT2D eigenvalue weighted by molar-refractivity contribution is 6.14. The topological polar surface area (TPSA) is 49.9 Å². The minimum atomic E-state index is -0.996. The van der Waals surface area contributed by atoms with Gasteiger partial charge < -0.3 is 9.64 Å². The molecule has 0 saturated carbocycles. The third-order valence-corrected chi connectivity index (χ3v) is 5.73. The second-order valence-corrected chi connectivity index (χ2v) is 7.53. The lowest BCUT2D eigenvalue weighted by atomic mass is 9.98. The lowest BCUT2D eigenvalue weighted by molar-refractivity contribution is -0.128. The van der Waals surface area contributed by atoms with E-state index in [1.807, 2.05) is 32.0 Å². The van der Waals surface area contributed by atoms with Crippen LogP contribution in [0.15, 0.2) is 66.7 Å². The van der Waals surface area contributed by atoms with E-state index in [1.165, 1.54) is 21.9 Å². The monoisotopic (exact) mass is 418 g/mol. The molecule has 1 unspecified atom stereocenters. The van der Waals surface area contributed by atoms with Crippen molar-refractivity contribution >= 4 is 23.2 Å². The number of anilines is 2. The Kier molecular flexibility index (Phi) is 5.46. The van der Waals surface area contributed by atoms with Crippen LogP contribution in [0.1, 0.15) is 22.7 Å². The van der Waals surface area contributed by atoms with E-state index in [0.717, 1.165) is 11.1 Å². The number of ether oxygens (including phenoxy) is 1. The first-order valence-corrected chi connectivity index (χ1v) is 10.0. The Balaban J connectivity index is 1.85. The number of rotatable bonds is 4. The van der Waals surface area contributed by atoms with Crippen LogP contribution in [0.5, 0.6) is 5.75 Å². The second-order valence-electron chi connectivity index (χ2n) is 7.53. The lowest BCUT2D eigenvalue weighted by Gasteiger charge is -2.41. The molecule has 158 valence electrons. The molecule has 31 heavy (non-hydrogen) atoms. The van der Waals surface area contributed by atoms with Crippen LogP contribution in [0.25, 0.3) is 0 Å². The molecule has 6 heteroatoms. The van der Waals surface area contributed by atoms with Crippen molar-refractivity contribution in [2.24, 2.45) is 0 Å². The summed E-state index contributed by atoms with van der Waals surface area (Å²) in [5.41, 5.74) is 3.30. The van der Waals surface area contributed by atoms with Crippen molar-refractivity contribution in [2.45, 2.75) is 19.9 Å². The minimum Gasteiger partial charge on any atom is -0.497 e. The molecule has 0 spiro atoms. The van der Waals surface area contributed by atoms with E-state index in [-0.39, 0.29) is 24.0 Å². The van der Waals surface area contributed by atoms with Gasteiger partial charge >= 0.3 is 0 Å². The molecule has 5 nitrogen and oxygen atoms in total. The molecule has 0 bridgehead atoms. The number of halogens is 1. The SMILES string of the molecule is COc1ccc(C2C(=O)N(c3cccc(C)c3C)CC(=O)N2c2ccccc2F)cc1. The summed E-state index contributed by atoms with van der Waals surface area (Å²) in [5, 5.41) is 0. The van der Waals surface area contributed by atoms with E-state index in [0.29, 0.717) is 17.0 Å². The Morgan fingerprint density at radius 1 is 0.903 bits per heavy atom. The van der Waals surface area contributed by atoms with Gasteiger partial charge in [0, 0.05) is 5.69 Å². The molecular formula is C25H23FN2O3. The number of para-hydroxylation sites is 1. The lowest BCUT2D eigenvalue weighted by Crippen LogP contribution is -2.56. The van der Waals surface area contributed by atoms with Crippen LogP contribution >= 0.6 is 0 Å². The van der Waals surface area contributed by atoms with Gasteiger partial charge in [-0.2, -0.15) is 0 Å². The first kappa shape index (κ1) is 20.6. The molecule has 4 rings (SSSR count). The van der Waals surface area contributed by atoms with Crippen molar-refractivity contribution in [1.82, 2.24) is 0 Å². The van der Waals surface area contributed by atoms with Crippen molar-refractivity contribution in [2.75, 3.05) is 23.5 Å². The minimum absolute atomic E-state index is 0.0854. The van der Waals surface area contributed by atoms with Crippen LogP contribution in [0.3, 0.4) is 0 Å². The average molecular weight is 418 g/mol. The zero-order chi connectivity index (χ0) is 22.1. The second kappa shape index (κ2) is 8.22. The van der Waals surface area contributed by atoms with Crippen LogP contribution in [0.4, 0.5) is 15.8 Å². The molecule has 1 heterocycles. The number of carbonyl (C=O) groups excluding carboxylic acids is 2. The van der Waals surface area contributed by atoms with Crippen molar-refractivity contribution in [3.05, 3.63) is 89.2 Å². The standard InChI is InChI=1S/C25H23FN2O3/c1-16-7-6-10-21(17(16)2)27-15-23(29)28(22-9-5-4-8-20(22)26)24(25(27)30)18-11-13-19(31-3)14-12-18/h4-14,24H,15H2,1-3H3. The third-order valence-electron chi connectivity index (χ3n) is 5.73. The molecule has 0 aromatic heterocycles. The summed E-state index contributed by atoms with van der Waals surface area (Å²) in [6.07, 6.45) is 0. The van der Waals surface area contributed by atoms with Crippen molar-refractivity contribution < 1.29 is 18.7 Å². The summed E-state index contributed by atoms with van der Waals surface area (Å²) in [4.78, 5) is 29.8. The number of methoxy groups -OCH3 is 1. The highest BCUT2D eigenvalue weighted by atomic mass is 19.1. The van der Waals surface area contributed by atoms with E-state index < -0.39 is 11.9 Å². The Bertz CT molecular complexity index is 1140. The van der Waals surface area contributed by atoms with Gasteiger partial charge in [0.25, 0.3) is 5.91 Å². The first-order valence-electron chi connectivity index (χ1n) is 10.0. The largest absolute Gasteiger partial charge is 0.497 e. The smallest absolute Gasteiger partial charge is 0.255 e. The van der Waals surface area contributed by atoms with Crippen LogP contribution in [-0.2, 0) is 9.59 Å². The fourth-order valence-corrected chi connectivity index (χ4v) is 3.92. The van der Waals surface area contributed by atoms with Gasteiger partial charge in [-0.25, -0.2) is 4.39 Å². The molecular weight excluding hydrogens is 395 g/mol. The predicted octanol–water partition coefficient (Wildman–Crippen LogP) is 4.57. The van der Waals surface area contributed by atoms with E-state index in [2.05, 4.69) is 0 Å². The molecule has 0 N–H and O–H groups in total. The van der Waals surface area contributed by atoms with E-state index in [1.54, 1.807) is 43.5 Å². The molecule has 3 aromatic carbocycles. The number of amides is 2. The van der Waals surface area contributed by atoms with Crippen molar-refractivity contribution in [1.29, 1.82) is 0 Å². The Morgan fingerprint density at radius 2 is 1.58 bits per heavy atom. The molecule has 3 aromatic rings. The molecule has 1 fully saturated rings. The molecule has 0 radical (unpaired) electrons. The van der Waals surface area contributed by atoms with Gasteiger partial charge in [0.1, 0.15) is 24.2 Å². The predicted molar refractivity (Wildman–Crippen MR) is 118 cm³/mol. The number of carbonyl (C=O) groups is 2. The summed E-state index contributed by atoms with van der Waals surface area (Å²) in [6.45, 7) is 3.72. The van der Waals surface area contributed by atoms with Gasteiger partial charge in [-0.1, -0.05) is 36.4 Å². The molecule has 1 atom stereocenters. The number of piperazine rings is 1. The molecule has 1 aliphatic heterocycles. The highest BCUT2D eigenvalue weighted by Crippen LogP contribution is 2.37. The number of hydrogen-bond acceptors (Lipinski definition) is 3. The van der Waals surface area contributed by atoms with E-state index >= 15 is 0 Å². The fraction of sp³-hybridized carbons (Fsp3) is 0.200. The molecule has 1 saturated heterocycles. The maximum atomic E-state index is 14.7. The number of nitrogens with zero attached hydrogens (tertiary/aromatic N) is 2. The quantitative estimate of drug-likeness (QED) is 0.624. The number of hydrogen-bond donors (Lipinski definition) is 0. The maximum Gasteiger partial charge on any atom is 0.255 e. The van der Waals surface area contributed by atoms with E-state index in [9.17, 15) is 14.0 Å². The van der Waals surface area contributed by atoms with Gasteiger partial charge in [-0.05, 0) is 60.9 Å². The summed E-state index contributed by atoms with van der Waals surface area (Å²) in [5.74, 6) is -0.572. The summed E-state index contributed by atoms with van der Waals surface area (Å²) in [7, 11) is 1.55. The van der Waals surface area contributed by atoms with Crippen LogP contribution in [0, 0.1) is 19.7 Å². The zero-order valence-electron chi connectivity index (χ0n) is 17.6. The third kappa shape index (κ3) is 3.65. The molecule has 2 amide bonds. The molecule has 0 aliphatic carbocycles. The highest BCUT2D eigenvalue weighted by Gasteiger charge is 2.43. The zero-order valence-corrected chi connectivity index (χ0v) is 17.6. The Labute approximate surface area is 180 Å². The first-order chi connectivity index (χ1) is 14.9. The van der Waals surface area contributed by atoms with Gasteiger partial charge in [-0.3, -0.25) is 14.5 Å². The normalized spacial score (nSPS) is 16.6.